The number of carbonyl (C=O) groups excluding carboxylic acids is 2. The van der Waals surface area contributed by atoms with Crippen molar-refractivity contribution < 1.29 is 46.4 Å². The van der Waals surface area contributed by atoms with Gasteiger partial charge in [0.05, 0.1) is 10.6 Å². The lowest BCUT2D eigenvalue weighted by Crippen LogP contribution is -2.46. The topological polar surface area (TPSA) is 120 Å². The van der Waals surface area contributed by atoms with Gasteiger partial charge in [0.15, 0.2) is 11.5 Å². The minimum absolute atomic E-state index is 0.0127. The third-order valence-electron chi connectivity index (χ3n) is 8.80. The molecule has 2 aliphatic heterocycles. The van der Waals surface area contributed by atoms with Gasteiger partial charge in [-0.05, 0) is 72.8 Å². The highest BCUT2D eigenvalue weighted by atomic mass is 35.5. The molecular formula is C38H33ClF3N3O7. The highest BCUT2D eigenvalue weighted by molar-refractivity contribution is 6.32. The third kappa shape index (κ3) is 8.58. The molecular weight excluding hydrogens is 703 g/mol. The normalized spacial score (nSPS) is 15.7. The Bertz CT molecular complexity index is 2020. The lowest BCUT2D eigenvalue weighted by molar-refractivity contribution is -0.203. The Labute approximate surface area is 302 Å². The van der Waals surface area contributed by atoms with Gasteiger partial charge in [-0.15, -0.1) is 0 Å². The van der Waals surface area contributed by atoms with Crippen molar-refractivity contribution in [1.82, 2.24) is 9.88 Å². The van der Waals surface area contributed by atoms with Crippen LogP contribution in [0.25, 0.3) is 11.1 Å². The number of likely N-dealkylation sites (tertiary alicyclic amines) is 1. The first-order valence-electron chi connectivity index (χ1n) is 16.5. The van der Waals surface area contributed by atoms with E-state index in [0.29, 0.717) is 72.3 Å². The van der Waals surface area contributed by atoms with Crippen LogP contribution >= 0.6 is 11.6 Å². The fourth-order valence-electron chi connectivity index (χ4n) is 6.14. The maximum absolute atomic E-state index is 12.9. The van der Waals surface area contributed by atoms with Gasteiger partial charge in [0.25, 0.3) is 0 Å². The second kappa shape index (κ2) is 15.9. The van der Waals surface area contributed by atoms with Gasteiger partial charge >= 0.3 is 18.1 Å². The molecule has 1 atom stereocenters. The van der Waals surface area contributed by atoms with E-state index in [-0.39, 0.29) is 31.2 Å². The Morgan fingerprint density at radius 2 is 1.77 bits per heavy atom. The summed E-state index contributed by atoms with van der Waals surface area (Å²) in [5.41, 5.74) is 5.30. The summed E-state index contributed by atoms with van der Waals surface area (Å²) in [5.74, 6) is -1.82. The van der Waals surface area contributed by atoms with E-state index in [4.69, 9.17) is 30.5 Å². The standard InChI is InChI=1S/C38H33ClF3N3O7/c1-23-27(5-4-6-29(23)26-8-9-32-35(15-26)49-12-11-48-32)22-51-34-16-33(50-21-25-13-24(17-43)18-44-19-25)28(14-30(34)39)20-45-10-3-2-7-31(45)36(46)52-37(47)38(40,41)42/h4-6,8-9,13-16,18-19,31H,2-3,7,10-12,20-22H2,1H3/t31-/m0/s1. The van der Waals surface area contributed by atoms with Crippen LogP contribution in [0.4, 0.5) is 13.2 Å². The van der Waals surface area contributed by atoms with Crippen LogP contribution in [0.2, 0.25) is 5.02 Å². The molecule has 4 aromatic rings. The molecule has 0 radical (unpaired) electrons. The van der Waals surface area contributed by atoms with Crippen LogP contribution in [0.5, 0.6) is 23.0 Å². The molecule has 6 rings (SSSR count). The maximum atomic E-state index is 12.9. The SMILES string of the molecule is Cc1c(COc2cc(OCc3cncc(C#N)c3)c(CN3CCCC[C@H]3C(=O)OC(=O)C(F)(F)F)cc2Cl)cccc1-c1ccc2c(c1)OCCO2. The van der Waals surface area contributed by atoms with E-state index in [1.54, 1.807) is 29.3 Å². The number of hydrogen-bond acceptors (Lipinski definition) is 10. The first-order valence-corrected chi connectivity index (χ1v) is 16.9. The molecule has 270 valence electrons. The van der Waals surface area contributed by atoms with E-state index in [9.17, 15) is 28.0 Å². The van der Waals surface area contributed by atoms with Gasteiger partial charge in [-0.2, -0.15) is 18.4 Å². The molecule has 0 amide bonds. The monoisotopic (exact) mass is 735 g/mol. The number of nitriles is 1. The van der Waals surface area contributed by atoms with Crippen molar-refractivity contribution in [2.24, 2.45) is 0 Å². The number of alkyl halides is 3. The Balaban J connectivity index is 1.25. The zero-order valence-corrected chi connectivity index (χ0v) is 28.8. The molecule has 0 bridgehead atoms. The smallest absolute Gasteiger partial charge is 0.488 e. The van der Waals surface area contributed by atoms with Gasteiger partial charge in [0.2, 0.25) is 0 Å². The number of benzene rings is 3. The first kappa shape index (κ1) is 36.5. The van der Waals surface area contributed by atoms with Gasteiger partial charge in [0, 0.05) is 36.1 Å². The molecule has 52 heavy (non-hydrogen) atoms. The van der Waals surface area contributed by atoms with E-state index >= 15 is 0 Å². The van der Waals surface area contributed by atoms with Crippen molar-refractivity contribution >= 4 is 23.5 Å². The van der Waals surface area contributed by atoms with E-state index in [0.717, 1.165) is 22.3 Å². The number of carbonyl (C=O) groups is 2. The molecule has 1 aromatic heterocycles. The van der Waals surface area contributed by atoms with E-state index < -0.39 is 24.2 Å². The van der Waals surface area contributed by atoms with Crippen LogP contribution in [0.15, 0.2) is 67.0 Å². The predicted molar refractivity (Wildman–Crippen MR) is 182 cm³/mol. The largest absolute Gasteiger partial charge is 0.491 e. The third-order valence-corrected chi connectivity index (χ3v) is 9.09. The average molecular weight is 736 g/mol. The number of hydrogen-bond donors (Lipinski definition) is 0. The van der Waals surface area contributed by atoms with E-state index in [1.807, 2.05) is 49.4 Å². The molecule has 3 heterocycles. The van der Waals surface area contributed by atoms with Gasteiger partial charge in [-0.25, -0.2) is 9.59 Å². The second-order valence-corrected chi connectivity index (χ2v) is 12.7. The lowest BCUT2D eigenvalue weighted by Gasteiger charge is -2.34. The molecule has 3 aromatic carbocycles. The fraction of sp³-hybridized carbons (Fsp3) is 0.316. The summed E-state index contributed by atoms with van der Waals surface area (Å²) in [7, 11) is 0. The van der Waals surface area contributed by atoms with Crippen molar-refractivity contribution in [2.75, 3.05) is 19.8 Å². The first-order chi connectivity index (χ1) is 25.0. The summed E-state index contributed by atoms with van der Waals surface area (Å²) in [6.07, 6.45) is -0.897. The number of ether oxygens (including phenoxy) is 5. The van der Waals surface area contributed by atoms with Crippen LogP contribution in [0, 0.1) is 18.3 Å². The number of rotatable bonds is 10. The van der Waals surface area contributed by atoms with E-state index in [1.165, 1.54) is 6.20 Å². The fourth-order valence-corrected chi connectivity index (χ4v) is 6.38. The summed E-state index contributed by atoms with van der Waals surface area (Å²) in [4.78, 5) is 29.9. The van der Waals surface area contributed by atoms with Crippen LogP contribution in [0.3, 0.4) is 0 Å². The average Bonchev–Trinajstić information content (AvgIpc) is 3.14. The number of nitrogens with zero attached hydrogens (tertiary/aromatic N) is 3. The number of piperidine rings is 1. The van der Waals surface area contributed by atoms with Gasteiger partial charge < -0.3 is 23.7 Å². The predicted octanol–water partition coefficient (Wildman–Crippen LogP) is 7.50. The Hall–Kier alpha value is -5.32. The zero-order valence-electron chi connectivity index (χ0n) is 28.0. The number of halogens is 4. The molecule has 0 saturated carbocycles. The minimum atomic E-state index is -5.30. The molecule has 2 aliphatic rings. The summed E-state index contributed by atoms with van der Waals surface area (Å²) >= 11 is 6.76. The van der Waals surface area contributed by atoms with Crippen LogP contribution in [-0.4, -0.2) is 53.8 Å². The molecule has 0 unspecified atom stereocenters. The van der Waals surface area contributed by atoms with Crippen molar-refractivity contribution in [3.05, 3.63) is 99.8 Å². The summed E-state index contributed by atoms with van der Waals surface area (Å²) in [6, 6.07) is 17.5. The maximum Gasteiger partial charge on any atom is 0.491 e. The number of esters is 2. The minimum Gasteiger partial charge on any atom is -0.488 e. The molecule has 10 nitrogen and oxygen atoms in total. The molecule has 0 aliphatic carbocycles. The van der Waals surface area contributed by atoms with Crippen molar-refractivity contribution in [1.29, 1.82) is 5.26 Å². The second-order valence-electron chi connectivity index (χ2n) is 12.3. The lowest BCUT2D eigenvalue weighted by atomic mass is 9.96. The Morgan fingerprint density at radius 3 is 2.56 bits per heavy atom. The number of aromatic nitrogens is 1. The van der Waals surface area contributed by atoms with Crippen LogP contribution in [0.1, 0.15) is 47.1 Å². The van der Waals surface area contributed by atoms with Crippen LogP contribution in [-0.2, 0) is 34.1 Å². The number of pyridine rings is 1. The number of fused-ring (bicyclic) bond motifs is 1. The Kier molecular flexibility index (Phi) is 11.2. The molecule has 14 heteroatoms. The summed E-state index contributed by atoms with van der Waals surface area (Å²) in [5, 5.41) is 9.55. The van der Waals surface area contributed by atoms with Gasteiger partial charge in [-0.1, -0.05) is 42.3 Å². The molecule has 0 N–H and O–H groups in total. The quantitative estimate of drug-likeness (QED) is 0.120. The van der Waals surface area contributed by atoms with E-state index in [2.05, 4.69) is 9.72 Å². The van der Waals surface area contributed by atoms with Gasteiger partial charge in [0.1, 0.15) is 50.0 Å². The zero-order chi connectivity index (χ0) is 36.8. The summed E-state index contributed by atoms with van der Waals surface area (Å²) in [6.45, 7) is 3.54. The molecule has 1 fully saturated rings. The highest BCUT2D eigenvalue weighted by Crippen LogP contribution is 2.38. The van der Waals surface area contributed by atoms with Gasteiger partial charge in [-0.3, -0.25) is 9.88 Å². The Morgan fingerprint density at radius 1 is 0.981 bits per heavy atom. The summed E-state index contributed by atoms with van der Waals surface area (Å²) < 4.78 is 66.7. The molecule has 1 saturated heterocycles. The van der Waals surface area contributed by atoms with Crippen molar-refractivity contribution in [2.45, 2.75) is 58.2 Å². The van der Waals surface area contributed by atoms with Crippen LogP contribution < -0.4 is 18.9 Å². The molecule has 0 spiro atoms. The van der Waals surface area contributed by atoms with Crippen molar-refractivity contribution in [3.8, 4) is 40.2 Å². The highest BCUT2D eigenvalue weighted by Gasteiger charge is 2.44. The van der Waals surface area contributed by atoms with Crippen molar-refractivity contribution in [3.63, 3.8) is 0 Å².